The van der Waals surface area contributed by atoms with E-state index in [0.29, 0.717) is 29.6 Å². The van der Waals surface area contributed by atoms with Gasteiger partial charge in [0.1, 0.15) is 6.54 Å². The Kier molecular flexibility index (Phi) is 7.27. The Hall–Kier alpha value is -2.94. The SMILES string of the molecule is CCN(CC)S(=O)(=O)c1ccc2nnc(SCC(=O)N(CC#N)c3ccccc3)n2c1. The highest BCUT2D eigenvalue weighted by Crippen LogP contribution is 2.22. The minimum absolute atomic E-state index is 0.0182. The first-order valence-corrected chi connectivity index (χ1v) is 12.0. The van der Waals surface area contributed by atoms with Crippen LogP contribution < -0.4 is 4.90 Å². The number of aromatic nitrogens is 3. The number of sulfonamides is 1. The largest absolute Gasteiger partial charge is 0.298 e. The van der Waals surface area contributed by atoms with Crippen LogP contribution in [0.2, 0.25) is 0 Å². The zero-order chi connectivity index (χ0) is 22.4. The van der Waals surface area contributed by atoms with Gasteiger partial charge in [0.15, 0.2) is 10.8 Å². The van der Waals surface area contributed by atoms with Crippen LogP contribution in [0.3, 0.4) is 0 Å². The zero-order valence-corrected chi connectivity index (χ0v) is 18.8. The number of fused-ring (bicyclic) bond motifs is 1. The number of para-hydroxylation sites is 1. The van der Waals surface area contributed by atoms with Crippen molar-refractivity contribution < 1.29 is 13.2 Å². The van der Waals surface area contributed by atoms with Crippen LogP contribution in [0.4, 0.5) is 5.69 Å². The molecule has 0 aliphatic heterocycles. The molecule has 0 saturated heterocycles. The molecular formula is C20H22N6O3S2. The fourth-order valence-electron chi connectivity index (χ4n) is 3.02. The Morgan fingerprint density at radius 1 is 1.13 bits per heavy atom. The Morgan fingerprint density at radius 2 is 1.84 bits per heavy atom. The van der Waals surface area contributed by atoms with Gasteiger partial charge in [-0.05, 0) is 24.3 Å². The quantitative estimate of drug-likeness (QED) is 0.357. The average Bonchev–Trinajstić information content (AvgIpc) is 3.19. The van der Waals surface area contributed by atoms with E-state index in [1.54, 1.807) is 48.6 Å². The van der Waals surface area contributed by atoms with E-state index in [4.69, 9.17) is 5.26 Å². The number of anilines is 1. The summed E-state index contributed by atoms with van der Waals surface area (Å²) in [7, 11) is -3.64. The van der Waals surface area contributed by atoms with Crippen LogP contribution in [0.25, 0.3) is 5.65 Å². The summed E-state index contributed by atoms with van der Waals surface area (Å²) in [6, 6.07) is 14.0. The van der Waals surface area contributed by atoms with Crippen molar-refractivity contribution in [3.8, 4) is 6.07 Å². The zero-order valence-electron chi connectivity index (χ0n) is 17.2. The molecule has 1 amide bonds. The standard InChI is InChI=1S/C20H22N6O3S2/c1-3-24(4-2)31(28,29)17-10-11-18-22-23-20(26(18)14-17)30-15-19(27)25(13-12-21)16-8-6-5-7-9-16/h5-11,14H,3-4,13,15H2,1-2H3. The van der Waals surface area contributed by atoms with Gasteiger partial charge >= 0.3 is 0 Å². The number of pyridine rings is 1. The number of hydrogen-bond acceptors (Lipinski definition) is 7. The summed E-state index contributed by atoms with van der Waals surface area (Å²) in [5.41, 5.74) is 1.11. The number of nitrogens with zero attached hydrogens (tertiary/aromatic N) is 6. The molecule has 0 unspecified atom stereocenters. The second kappa shape index (κ2) is 9.91. The number of amides is 1. The highest BCUT2D eigenvalue weighted by Gasteiger charge is 2.23. The van der Waals surface area contributed by atoms with E-state index in [2.05, 4.69) is 10.2 Å². The van der Waals surface area contributed by atoms with Gasteiger partial charge in [0.05, 0.1) is 16.7 Å². The second-order valence-corrected chi connectivity index (χ2v) is 9.31. The van der Waals surface area contributed by atoms with Gasteiger partial charge in [-0.15, -0.1) is 10.2 Å². The fraction of sp³-hybridized carbons (Fsp3) is 0.300. The summed E-state index contributed by atoms with van der Waals surface area (Å²) in [5.74, 6) is -0.244. The number of benzene rings is 1. The lowest BCUT2D eigenvalue weighted by molar-refractivity contribution is -0.116. The minimum atomic E-state index is -3.64. The molecule has 0 aliphatic rings. The van der Waals surface area contributed by atoms with Crippen molar-refractivity contribution in [1.29, 1.82) is 5.26 Å². The van der Waals surface area contributed by atoms with Crippen molar-refractivity contribution in [3.05, 3.63) is 48.7 Å². The van der Waals surface area contributed by atoms with E-state index >= 15 is 0 Å². The smallest absolute Gasteiger partial charge is 0.244 e. The van der Waals surface area contributed by atoms with E-state index in [9.17, 15) is 13.2 Å². The van der Waals surface area contributed by atoms with E-state index in [0.717, 1.165) is 11.8 Å². The molecule has 9 nitrogen and oxygen atoms in total. The molecule has 3 rings (SSSR count). The Balaban J connectivity index is 1.84. The van der Waals surface area contributed by atoms with Crippen molar-refractivity contribution in [2.24, 2.45) is 0 Å². The topological polar surface area (TPSA) is 112 Å². The summed E-state index contributed by atoms with van der Waals surface area (Å²) in [6.07, 6.45) is 1.47. The summed E-state index contributed by atoms with van der Waals surface area (Å²) in [4.78, 5) is 14.3. The van der Waals surface area contributed by atoms with Crippen LogP contribution in [-0.4, -0.2) is 58.6 Å². The molecule has 0 N–H and O–H groups in total. The van der Waals surface area contributed by atoms with E-state index in [-0.39, 0.29) is 23.1 Å². The van der Waals surface area contributed by atoms with Crippen LogP contribution >= 0.6 is 11.8 Å². The first-order valence-electron chi connectivity index (χ1n) is 9.62. The number of carbonyl (C=O) groups is 1. The molecule has 0 fully saturated rings. The molecule has 2 aromatic heterocycles. The van der Waals surface area contributed by atoms with Gasteiger partial charge in [0.2, 0.25) is 15.9 Å². The lowest BCUT2D eigenvalue weighted by Crippen LogP contribution is -2.32. The van der Waals surface area contributed by atoms with Gasteiger partial charge in [-0.2, -0.15) is 9.57 Å². The van der Waals surface area contributed by atoms with Crippen molar-refractivity contribution in [2.75, 3.05) is 30.3 Å². The van der Waals surface area contributed by atoms with Crippen molar-refractivity contribution in [3.63, 3.8) is 0 Å². The maximum Gasteiger partial charge on any atom is 0.244 e. The number of carbonyl (C=O) groups excluding carboxylic acids is 1. The van der Waals surface area contributed by atoms with Gasteiger partial charge < -0.3 is 0 Å². The van der Waals surface area contributed by atoms with Crippen molar-refractivity contribution in [2.45, 2.75) is 23.9 Å². The summed E-state index contributed by atoms with van der Waals surface area (Å²) >= 11 is 1.13. The lowest BCUT2D eigenvalue weighted by Gasteiger charge is -2.19. The molecule has 1 aromatic carbocycles. The maximum absolute atomic E-state index is 12.8. The number of rotatable bonds is 9. The number of nitriles is 1. The molecular weight excluding hydrogens is 436 g/mol. The van der Waals surface area contributed by atoms with Gasteiger partial charge in [-0.3, -0.25) is 14.1 Å². The van der Waals surface area contributed by atoms with Crippen LogP contribution in [-0.2, 0) is 14.8 Å². The molecule has 0 atom stereocenters. The van der Waals surface area contributed by atoms with Crippen LogP contribution in [0.5, 0.6) is 0 Å². The molecule has 11 heteroatoms. The van der Waals surface area contributed by atoms with Gasteiger partial charge in [0.25, 0.3) is 0 Å². The first-order chi connectivity index (χ1) is 14.9. The van der Waals surface area contributed by atoms with E-state index < -0.39 is 10.0 Å². The third kappa shape index (κ3) is 4.87. The molecule has 0 aliphatic carbocycles. The third-order valence-electron chi connectivity index (χ3n) is 4.61. The molecule has 0 bridgehead atoms. The van der Waals surface area contributed by atoms with Gasteiger partial charge in [-0.1, -0.05) is 43.8 Å². The van der Waals surface area contributed by atoms with Crippen LogP contribution in [0.1, 0.15) is 13.8 Å². The predicted molar refractivity (Wildman–Crippen MR) is 118 cm³/mol. The van der Waals surface area contributed by atoms with Gasteiger partial charge in [0, 0.05) is 25.0 Å². The van der Waals surface area contributed by atoms with Crippen molar-refractivity contribution in [1.82, 2.24) is 18.9 Å². The Morgan fingerprint density at radius 3 is 2.48 bits per heavy atom. The van der Waals surface area contributed by atoms with Crippen LogP contribution in [0.15, 0.2) is 58.7 Å². The average molecular weight is 459 g/mol. The molecule has 31 heavy (non-hydrogen) atoms. The minimum Gasteiger partial charge on any atom is -0.298 e. The summed E-state index contributed by atoms with van der Waals surface area (Å²) in [5, 5.41) is 17.6. The predicted octanol–water partition coefficient (Wildman–Crippen LogP) is 2.41. The number of thioether (sulfide) groups is 1. The molecule has 3 aromatic rings. The summed E-state index contributed by atoms with van der Waals surface area (Å²) < 4.78 is 28.6. The summed E-state index contributed by atoms with van der Waals surface area (Å²) in [6.45, 7) is 4.22. The molecule has 2 heterocycles. The molecule has 0 radical (unpaired) electrons. The maximum atomic E-state index is 12.8. The monoisotopic (exact) mass is 458 g/mol. The normalized spacial score (nSPS) is 11.5. The highest BCUT2D eigenvalue weighted by molar-refractivity contribution is 7.99. The Bertz CT molecular complexity index is 1200. The first kappa shape index (κ1) is 22.7. The van der Waals surface area contributed by atoms with Crippen LogP contribution in [0, 0.1) is 11.3 Å². The van der Waals surface area contributed by atoms with Crippen molar-refractivity contribution >= 4 is 39.0 Å². The second-order valence-electron chi connectivity index (χ2n) is 6.43. The third-order valence-corrected chi connectivity index (χ3v) is 7.57. The molecule has 0 saturated carbocycles. The van der Waals surface area contributed by atoms with Gasteiger partial charge in [-0.25, -0.2) is 8.42 Å². The number of hydrogen-bond donors (Lipinski definition) is 0. The Labute approximate surface area is 185 Å². The van der Waals surface area contributed by atoms with E-state index in [1.807, 2.05) is 12.1 Å². The molecule has 162 valence electrons. The van der Waals surface area contributed by atoms with E-state index in [1.165, 1.54) is 21.5 Å². The highest BCUT2D eigenvalue weighted by atomic mass is 32.2. The lowest BCUT2D eigenvalue weighted by atomic mass is 10.3. The fourth-order valence-corrected chi connectivity index (χ4v) is 5.27. The molecule has 0 spiro atoms.